The number of hydrogen-bond donors (Lipinski definition) is 3. The van der Waals surface area contributed by atoms with Crippen LogP contribution in [0.4, 0.5) is 4.79 Å². The van der Waals surface area contributed by atoms with Gasteiger partial charge in [0.15, 0.2) is 0 Å². The van der Waals surface area contributed by atoms with E-state index < -0.39 is 18.0 Å². The lowest BCUT2D eigenvalue weighted by Crippen LogP contribution is -2.47. The topological polar surface area (TPSA) is 81.7 Å². The molecule has 0 radical (unpaired) electrons. The minimum atomic E-state index is -1.14. The predicted octanol–water partition coefficient (Wildman–Crippen LogP) is 0.102. The van der Waals surface area contributed by atoms with Crippen LogP contribution in [0.5, 0.6) is 0 Å². The molecule has 3 N–H and O–H groups in total. The highest BCUT2D eigenvalue weighted by Gasteiger charge is 2.18. The number of carboxylic acids is 1. The van der Waals surface area contributed by atoms with Crippen LogP contribution < -0.4 is 10.6 Å². The molecule has 2 amide bonds. The number of rotatable bonds is 7. The Morgan fingerprint density at radius 2 is 2.06 bits per heavy atom. The number of urea groups is 1. The molecule has 0 rings (SSSR count). The van der Waals surface area contributed by atoms with Crippen LogP contribution in [-0.2, 0) is 4.79 Å². The van der Waals surface area contributed by atoms with Crippen molar-refractivity contribution in [3.8, 4) is 12.3 Å². The molecule has 0 aromatic carbocycles. The quantitative estimate of drug-likeness (QED) is 0.564. The zero-order valence-corrected chi connectivity index (χ0v) is 11.1. The lowest BCUT2D eigenvalue weighted by Gasteiger charge is -2.21. The van der Waals surface area contributed by atoms with Crippen molar-refractivity contribution in [2.75, 3.05) is 20.1 Å². The smallest absolute Gasteiger partial charge is 0.327 e. The van der Waals surface area contributed by atoms with Crippen LogP contribution in [0, 0.1) is 12.3 Å². The van der Waals surface area contributed by atoms with Gasteiger partial charge in [0, 0.05) is 25.6 Å². The maximum Gasteiger partial charge on any atom is 0.327 e. The summed E-state index contributed by atoms with van der Waals surface area (Å²) < 4.78 is 0. The summed E-state index contributed by atoms with van der Waals surface area (Å²) in [5.41, 5.74) is 0. The maximum atomic E-state index is 11.4. The number of carboxylic acid groups (broad SMARTS) is 1. The maximum absolute atomic E-state index is 11.4. The highest BCUT2D eigenvalue weighted by Crippen LogP contribution is 1.92. The average molecular weight is 255 g/mol. The lowest BCUT2D eigenvalue weighted by atomic mass is 10.2. The van der Waals surface area contributed by atoms with E-state index in [0.717, 1.165) is 0 Å². The summed E-state index contributed by atoms with van der Waals surface area (Å²) in [6.45, 7) is 5.24. The summed E-state index contributed by atoms with van der Waals surface area (Å²) >= 11 is 0. The molecule has 0 fully saturated rings. The molecule has 0 bridgehead atoms. The van der Waals surface area contributed by atoms with Gasteiger partial charge >= 0.3 is 12.0 Å². The Hall–Kier alpha value is -1.74. The molecule has 1 atom stereocenters. The number of likely N-dealkylation sites (N-methyl/N-ethyl adjacent to an activating group) is 1. The molecule has 18 heavy (non-hydrogen) atoms. The van der Waals surface area contributed by atoms with Crippen molar-refractivity contribution < 1.29 is 14.7 Å². The van der Waals surface area contributed by atoms with Gasteiger partial charge in [-0.3, -0.25) is 0 Å². The van der Waals surface area contributed by atoms with Gasteiger partial charge in [-0.1, -0.05) is 0 Å². The second kappa shape index (κ2) is 8.37. The molecular formula is C12H21N3O3. The monoisotopic (exact) mass is 255 g/mol. The number of aliphatic carboxylic acids is 1. The molecular weight excluding hydrogens is 234 g/mol. The highest BCUT2D eigenvalue weighted by molar-refractivity contribution is 5.82. The van der Waals surface area contributed by atoms with E-state index in [1.54, 1.807) is 0 Å². The Bertz CT molecular complexity index is 323. The summed E-state index contributed by atoms with van der Waals surface area (Å²) in [7, 11) is 1.95. The molecule has 0 saturated heterocycles. The number of nitrogens with zero attached hydrogens (tertiary/aromatic N) is 1. The normalized spacial score (nSPS) is 12.0. The molecule has 0 aliphatic rings. The third-order valence-electron chi connectivity index (χ3n) is 2.56. The van der Waals surface area contributed by atoms with Gasteiger partial charge in [0.2, 0.25) is 0 Å². The van der Waals surface area contributed by atoms with Crippen molar-refractivity contribution in [2.45, 2.75) is 32.4 Å². The van der Waals surface area contributed by atoms with Gasteiger partial charge < -0.3 is 20.6 Å². The Labute approximate surface area is 108 Å². The van der Waals surface area contributed by atoms with Gasteiger partial charge in [-0.15, -0.1) is 12.3 Å². The van der Waals surface area contributed by atoms with Crippen LogP contribution in [-0.4, -0.2) is 54.2 Å². The van der Waals surface area contributed by atoms with Crippen molar-refractivity contribution in [1.29, 1.82) is 0 Å². The van der Waals surface area contributed by atoms with Crippen LogP contribution in [0.3, 0.4) is 0 Å². The fraction of sp³-hybridized carbons (Fsp3) is 0.667. The minimum Gasteiger partial charge on any atom is -0.480 e. The van der Waals surface area contributed by atoms with E-state index in [0.29, 0.717) is 19.1 Å². The second-order valence-electron chi connectivity index (χ2n) is 4.27. The first-order valence-corrected chi connectivity index (χ1v) is 5.79. The average Bonchev–Trinajstić information content (AvgIpc) is 2.27. The zero-order chi connectivity index (χ0) is 14.1. The summed E-state index contributed by atoms with van der Waals surface area (Å²) in [6.07, 6.45) is 4.99. The SMILES string of the molecule is C#CCC(NC(=O)NCCN(C)C(C)C)C(=O)O. The number of nitrogens with one attached hydrogen (secondary N) is 2. The Morgan fingerprint density at radius 1 is 1.44 bits per heavy atom. The van der Waals surface area contributed by atoms with E-state index in [9.17, 15) is 9.59 Å². The molecule has 0 aliphatic heterocycles. The number of amides is 2. The first-order valence-electron chi connectivity index (χ1n) is 5.79. The van der Waals surface area contributed by atoms with E-state index >= 15 is 0 Å². The lowest BCUT2D eigenvalue weighted by molar-refractivity contribution is -0.139. The van der Waals surface area contributed by atoms with Gasteiger partial charge in [0.05, 0.1) is 0 Å². The molecule has 0 heterocycles. The molecule has 0 spiro atoms. The van der Waals surface area contributed by atoms with Crippen LogP contribution in [0.15, 0.2) is 0 Å². The molecule has 6 heteroatoms. The van der Waals surface area contributed by atoms with Gasteiger partial charge in [-0.2, -0.15) is 0 Å². The fourth-order valence-electron chi connectivity index (χ4n) is 1.13. The van der Waals surface area contributed by atoms with Crippen molar-refractivity contribution >= 4 is 12.0 Å². The largest absolute Gasteiger partial charge is 0.480 e. The predicted molar refractivity (Wildman–Crippen MR) is 69.2 cm³/mol. The van der Waals surface area contributed by atoms with E-state index in [4.69, 9.17) is 11.5 Å². The van der Waals surface area contributed by atoms with E-state index in [1.807, 2.05) is 20.9 Å². The zero-order valence-electron chi connectivity index (χ0n) is 11.1. The second-order valence-corrected chi connectivity index (χ2v) is 4.27. The van der Waals surface area contributed by atoms with Crippen LogP contribution in [0.1, 0.15) is 20.3 Å². The number of carbonyl (C=O) groups excluding carboxylic acids is 1. The summed E-state index contributed by atoms with van der Waals surface area (Å²) in [5, 5.41) is 13.7. The van der Waals surface area contributed by atoms with Crippen molar-refractivity contribution in [3.05, 3.63) is 0 Å². The van der Waals surface area contributed by atoms with Crippen LogP contribution in [0.2, 0.25) is 0 Å². The van der Waals surface area contributed by atoms with Gasteiger partial charge in [-0.05, 0) is 20.9 Å². The minimum absolute atomic E-state index is 0.0331. The molecule has 102 valence electrons. The van der Waals surface area contributed by atoms with E-state index in [-0.39, 0.29) is 6.42 Å². The van der Waals surface area contributed by atoms with E-state index in [1.165, 1.54) is 0 Å². The Morgan fingerprint density at radius 3 is 2.50 bits per heavy atom. The van der Waals surface area contributed by atoms with Gasteiger partial charge in [0.25, 0.3) is 0 Å². The highest BCUT2D eigenvalue weighted by atomic mass is 16.4. The fourth-order valence-corrected chi connectivity index (χ4v) is 1.13. The van der Waals surface area contributed by atoms with Gasteiger partial charge in [0.1, 0.15) is 6.04 Å². The van der Waals surface area contributed by atoms with Crippen LogP contribution >= 0.6 is 0 Å². The Kier molecular flexibility index (Phi) is 7.56. The molecule has 0 saturated carbocycles. The van der Waals surface area contributed by atoms with Crippen molar-refractivity contribution in [1.82, 2.24) is 15.5 Å². The first kappa shape index (κ1) is 16.3. The third-order valence-corrected chi connectivity index (χ3v) is 2.56. The molecule has 0 aromatic rings. The summed E-state index contributed by atoms with van der Waals surface area (Å²) in [4.78, 5) is 24.2. The number of hydrogen-bond acceptors (Lipinski definition) is 3. The van der Waals surface area contributed by atoms with Crippen LogP contribution in [0.25, 0.3) is 0 Å². The molecule has 6 nitrogen and oxygen atoms in total. The summed E-state index contributed by atoms with van der Waals surface area (Å²) in [6, 6.07) is -1.17. The molecule has 1 unspecified atom stereocenters. The number of terminal acetylenes is 1. The summed E-state index contributed by atoms with van der Waals surface area (Å²) in [5.74, 6) is 1.08. The molecule has 0 aliphatic carbocycles. The third kappa shape index (κ3) is 6.76. The Balaban J connectivity index is 3.96. The first-order chi connectivity index (χ1) is 8.38. The van der Waals surface area contributed by atoms with Crippen molar-refractivity contribution in [3.63, 3.8) is 0 Å². The van der Waals surface area contributed by atoms with E-state index in [2.05, 4.69) is 21.5 Å². The van der Waals surface area contributed by atoms with Crippen molar-refractivity contribution in [2.24, 2.45) is 0 Å². The number of carbonyl (C=O) groups is 2. The standard InChI is InChI=1S/C12H21N3O3/c1-5-6-10(11(16)17)14-12(18)13-7-8-15(4)9(2)3/h1,9-10H,6-8H2,2-4H3,(H,16,17)(H2,13,14,18). The van der Waals surface area contributed by atoms with Gasteiger partial charge in [-0.25, -0.2) is 9.59 Å². The molecule has 0 aromatic heterocycles.